The van der Waals surface area contributed by atoms with Gasteiger partial charge < -0.3 is 5.73 Å². The van der Waals surface area contributed by atoms with Gasteiger partial charge in [0, 0.05) is 18.7 Å². The van der Waals surface area contributed by atoms with Crippen molar-refractivity contribution in [1.29, 1.82) is 0 Å². The summed E-state index contributed by atoms with van der Waals surface area (Å²) in [7, 11) is -3.75. The Morgan fingerprint density at radius 3 is 2.48 bits per heavy atom. The molecule has 21 heavy (non-hydrogen) atoms. The van der Waals surface area contributed by atoms with Gasteiger partial charge in [-0.2, -0.15) is 4.31 Å². The van der Waals surface area contributed by atoms with Gasteiger partial charge >= 0.3 is 5.69 Å². The van der Waals surface area contributed by atoms with E-state index in [9.17, 15) is 18.5 Å². The van der Waals surface area contributed by atoms with Gasteiger partial charge in [-0.1, -0.05) is 31.1 Å². The van der Waals surface area contributed by atoms with Crippen LogP contribution in [0.5, 0.6) is 0 Å². The number of nitrogen functional groups attached to an aromatic ring is 1. The number of nitrogens with zero attached hydrogens (tertiary/aromatic N) is 2. The first kappa shape index (κ1) is 17.9. The Bertz CT molecular complexity index is 596. The first-order valence-corrected chi connectivity index (χ1v) is 9.03. The number of hydrogen-bond donors (Lipinski definition) is 1. The highest BCUT2D eigenvalue weighted by Crippen LogP contribution is 2.36. The molecule has 0 radical (unpaired) electrons. The van der Waals surface area contributed by atoms with Gasteiger partial charge in [-0.15, -0.1) is 0 Å². The lowest BCUT2D eigenvalue weighted by molar-refractivity contribution is -0.383. The Morgan fingerprint density at radius 2 is 2.05 bits per heavy atom. The minimum absolute atomic E-state index is 0.0723. The third-order valence-corrected chi connectivity index (χ3v) is 6.51. The molecule has 0 bridgehead atoms. The molecule has 9 heteroatoms. The van der Waals surface area contributed by atoms with E-state index in [1.165, 1.54) is 4.31 Å². The molecule has 1 aromatic rings. The molecule has 0 fully saturated rings. The van der Waals surface area contributed by atoms with Crippen LogP contribution in [0.2, 0.25) is 0 Å². The first-order chi connectivity index (χ1) is 9.71. The number of sulfonamides is 1. The normalized spacial score (nSPS) is 12.2. The molecule has 0 amide bonds. The fraction of sp³-hybridized carbons (Fsp3) is 0.667. The molecule has 0 aliphatic carbocycles. The lowest BCUT2D eigenvalue weighted by atomic mass is 10.2. The highest BCUT2D eigenvalue weighted by molar-refractivity contribution is 7.91. The SMILES string of the molecule is CCCCCN(C(C)C)S(=O)(=O)c1cc([N+](=O)[O-])c(N)s1. The number of nitrogens with two attached hydrogens (primary N) is 1. The largest absolute Gasteiger partial charge is 0.385 e. The average molecular weight is 335 g/mol. The van der Waals surface area contributed by atoms with Crippen LogP contribution in [-0.2, 0) is 10.0 Å². The Morgan fingerprint density at radius 1 is 1.43 bits per heavy atom. The topological polar surface area (TPSA) is 107 Å². The predicted octanol–water partition coefficient (Wildman–Crippen LogP) is 2.83. The second-order valence-electron chi connectivity index (χ2n) is 4.99. The van der Waals surface area contributed by atoms with Crippen molar-refractivity contribution < 1.29 is 13.3 Å². The second kappa shape index (κ2) is 7.19. The van der Waals surface area contributed by atoms with Crippen molar-refractivity contribution >= 4 is 32.0 Å². The zero-order valence-electron chi connectivity index (χ0n) is 12.4. The lowest BCUT2D eigenvalue weighted by Crippen LogP contribution is -2.37. The van der Waals surface area contributed by atoms with Crippen LogP contribution in [0.25, 0.3) is 0 Å². The number of hydrogen-bond acceptors (Lipinski definition) is 6. The summed E-state index contributed by atoms with van der Waals surface area (Å²) in [5.74, 6) is 0. The number of anilines is 1. The van der Waals surface area contributed by atoms with E-state index in [1.807, 2.05) is 6.92 Å². The van der Waals surface area contributed by atoms with Crippen molar-refractivity contribution in [2.24, 2.45) is 0 Å². The number of unbranched alkanes of at least 4 members (excludes halogenated alkanes) is 2. The maximum atomic E-state index is 12.6. The summed E-state index contributed by atoms with van der Waals surface area (Å²) in [5.41, 5.74) is 5.18. The maximum Gasteiger partial charge on any atom is 0.304 e. The van der Waals surface area contributed by atoms with E-state index >= 15 is 0 Å². The van der Waals surface area contributed by atoms with Gasteiger partial charge in [-0.3, -0.25) is 10.1 Å². The fourth-order valence-corrected chi connectivity index (χ4v) is 4.95. The third-order valence-electron chi connectivity index (χ3n) is 3.04. The zero-order valence-corrected chi connectivity index (χ0v) is 14.0. The lowest BCUT2D eigenvalue weighted by Gasteiger charge is -2.25. The number of rotatable bonds is 8. The van der Waals surface area contributed by atoms with E-state index in [0.717, 1.165) is 36.7 Å². The molecule has 1 aromatic heterocycles. The molecule has 120 valence electrons. The second-order valence-corrected chi connectivity index (χ2v) is 8.19. The predicted molar refractivity (Wildman–Crippen MR) is 83.9 cm³/mol. The molecule has 0 saturated carbocycles. The van der Waals surface area contributed by atoms with E-state index in [0.29, 0.717) is 6.54 Å². The molecule has 2 N–H and O–H groups in total. The highest BCUT2D eigenvalue weighted by atomic mass is 32.2. The molecule has 0 aromatic carbocycles. The molecular weight excluding hydrogens is 314 g/mol. The van der Waals surface area contributed by atoms with Crippen molar-refractivity contribution in [3.05, 3.63) is 16.2 Å². The van der Waals surface area contributed by atoms with Crippen LogP contribution in [-0.4, -0.2) is 30.2 Å². The summed E-state index contributed by atoms with van der Waals surface area (Å²) in [4.78, 5) is 10.1. The minimum Gasteiger partial charge on any atom is -0.385 e. The molecular formula is C12H21N3O4S2. The van der Waals surface area contributed by atoms with E-state index in [1.54, 1.807) is 13.8 Å². The summed E-state index contributed by atoms with van der Waals surface area (Å²) < 4.78 is 26.5. The monoisotopic (exact) mass is 335 g/mol. The number of nitro groups is 1. The maximum absolute atomic E-state index is 12.6. The van der Waals surface area contributed by atoms with E-state index in [-0.39, 0.29) is 20.9 Å². The minimum atomic E-state index is -3.75. The molecule has 1 heterocycles. The molecule has 0 spiro atoms. The van der Waals surface area contributed by atoms with Crippen LogP contribution >= 0.6 is 11.3 Å². The van der Waals surface area contributed by atoms with Gasteiger partial charge in [0.05, 0.1) is 4.92 Å². The summed E-state index contributed by atoms with van der Waals surface area (Å²) in [6.07, 6.45) is 2.69. The van der Waals surface area contributed by atoms with E-state index in [2.05, 4.69) is 0 Å². The molecule has 1 rings (SSSR count). The summed E-state index contributed by atoms with van der Waals surface area (Å²) in [5, 5.41) is 10.7. The Labute approximate surface area is 129 Å². The van der Waals surface area contributed by atoms with Crippen LogP contribution in [0.1, 0.15) is 40.0 Å². The van der Waals surface area contributed by atoms with E-state index < -0.39 is 14.9 Å². The fourth-order valence-electron chi connectivity index (χ4n) is 1.93. The smallest absolute Gasteiger partial charge is 0.304 e. The molecule has 0 aliphatic heterocycles. The average Bonchev–Trinajstić information content (AvgIpc) is 2.77. The van der Waals surface area contributed by atoms with Crippen molar-refractivity contribution in [1.82, 2.24) is 4.31 Å². The van der Waals surface area contributed by atoms with Crippen LogP contribution in [0.15, 0.2) is 10.3 Å². The zero-order chi connectivity index (χ0) is 16.2. The highest BCUT2D eigenvalue weighted by Gasteiger charge is 2.31. The van der Waals surface area contributed by atoms with Crippen LogP contribution < -0.4 is 5.73 Å². The van der Waals surface area contributed by atoms with Crippen molar-refractivity contribution in [2.45, 2.75) is 50.3 Å². The quantitative estimate of drug-likeness (QED) is 0.446. The number of thiophene rings is 1. The molecule has 0 unspecified atom stereocenters. The van der Waals surface area contributed by atoms with Gasteiger partial charge in [0.15, 0.2) is 5.00 Å². The van der Waals surface area contributed by atoms with E-state index in [4.69, 9.17) is 5.73 Å². The Balaban J connectivity index is 3.11. The van der Waals surface area contributed by atoms with Gasteiger partial charge in [-0.25, -0.2) is 8.42 Å². The Hall–Kier alpha value is -1.19. The van der Waals surface area contributed by atoms with Crippen molar-refractivity contribution in [2.75, 3.05) is 12.3 Å². The molecule has 7 nitrogen and oxygen atoms in total. The standard InChI is InChI=1S/C12H21N3O4S2/c1-4-5-6-7-14(9(2)3)21(18,19)11-8-10(15(16)17)12(13)20-11/h8-9H,4-7,13H2,1-3H3. The Kier molecular flexibility index (Phi) is 6.11. The third kappa shape index (κ3) is 4.14. The van der Waals surface area contributed by atoms with Crippen LogP contribution in [0.4, 0.5) is 10.7 Å². The first-order valence-electron chi connectivity index (χ1n) is 6.77. The van der Waals surface area contributed by atoms with Gasteiger partial charge in [-0.05, 0) is 20.3 Å². The van der Waals surface area contributed by atoms with Crippen molar-refractivity contribution in [3.63, 3.8) is 0 Å². The summed E-state index contributed by atoms with van der Waals surface area (Å²) in [6, 6.07) is 0.832. The van der Waals surface area contributed by atoms with Crippen molar-refractivity contribution in [3.8, 4) is 0 Å². The van der Waals surface area contributed by atoms with Gasteiger partial charge in [0.2, 0.25) is 0 Å². The molecule has 0 saturated heterocycles. The molecule has 0 atom stereocenters. The summed E-state index contributed by atoms with van der Waals surface area (Å²) >= 11 is 0.741. The van der Waals surface area contributed by atoms with Gasteiger partial charge in [0.1, 0.15) is 4.21 Å². The summed E-state index contributed by atoms with van der Waals surface area (Å²) in [6.45, 7) is 6.01. The van der Waals surface area contributed by atoms with Crippen LogP contribution in [0.3, 0.4) is 0 Å². The van der Waals surface area contributed by atoms with Gasteiger partial charge in [0.25, 0.3) is 10.0 Å². The molecule has 0 aliphatic rings. The van der Waals surface area contributed by atoms with Crippen LogP contribution in [0, 0.1) is 10.1 Å².